The van der Waals surface area contributed by atoms with Crippen molar-refractivity contribution in [1.29, 1.82) is 0 Å². The van der Waals surface area contributed by atoms with Crippen LogP contribution in [0.1, 0.15) is 54.5 Å². The van der Waals surface area contributed by atoms with E-state index >= 15 is 0 Å². The summed E-state index contributed by atoms with van der Waals surface area (Å²) < 4.78 is 6.37. The third-order valence-electron chi connectivity index (χ3n) is 6.44. The van der Waals surface area contributed by atoms with Crippen molar-refractivity contribution in [3.05, 3.63) is 94.8 Å². The summed E-state index contributed by atoms with van der Waals surface area (Å²) in [7, 11) is 0. The van der Waals surface area contributed by atoms with Crippen LogP contribution in [0.25, 0.3) is 0 Å². The Morgan fingerprint density at radius 2 is 1.88 bits per heavy atom. The second kappa shape index (κ2) is 10.4. The van der Waals surface area contributed by atoms with E-state index in [1.54, 1.807) is 17.3 Å². The second-order valence-electron chi connectivity index (χ2n) is 9.82. The average molecular weight is 459 g/mol. The molecule has 1 aliphatic rings. The van der Waals surface area contributed by atoms with E-state index < -0.39 is 0 Å². The fraction of sp³-hybridized carbons (Fsp3) is 0.379. The Morgan fingerprint density at radius 1 is 1.12 bits per heavy atom. The van der Waals surface area contributed by atoms with Gasteiger partial charge in [-0.25, -0.2) is 0 Å². The van der Waals surface area contributed by atoms with E-state index in [1.165, 1.54) is 11.1 Å². The molecule has 0 bridgehead atoms. The highest BCUT2D eigenvalue weighted by atomic mass is 16.5. The van der Waals surface area contributed by atoms with E-state index in [1.807, 2.05) is 24.3 Å². The number of amides is 1. The summed E-state index contributed by atoms with van der Waals surface area (Å²) in [4.78, 5) is 18.8. The minimum absolute atomic E-state index is 0.00947. The molecule has 3 aromatic rings. The number of carbonyl (C=O) groups excluding carboxylic acids is 1. The predicted molar refractivity (Wildman–Crippen MR) is 134 cm³/mol. The number of hydrogen-bond donors (Lipinski definition) is 1. The lowest BCUT2D eigenvalue weighted by molar-refractivity contribution is -0.131. The Hall–Kier alpha value is -3.18. The molecule has 5 heteroatoms. The van der Waals surface area contributed by atoms with Crippen LogP contribution in [-0.2, 0) is 30.6 Å². The van der Waals surface area contributed by atoms with Gasteiger partial charge in [-0.3, -0.25) is 9.78 Å². The fourth-order valence-electron chi connectivity index (χ4n) is 4.65. The number of pyridine rings is 1. The van der Waals surface area contributed by atoms with Gasteiger partial charge in [0, 0.05) is 38.3 Å². The number of ether oxygens (including phenoxy) is 1. The summed E-state index contributed by atoms with van der Waals surface area (Å²) in [6, 6.07) is 18.7. The van der Waals surface area contributed by atoms with Gasteiger partial charge in [0.25, 0.3) is 0 Å². The number of hydrogen-bond acceptors (Lipinski definition) is 4. The van der Waals surface area contributed by atoms with Crippen molar-refractivity contribution in [1.82, 2.24) is 9.88 Å². The van der Waals surface area contributed by atoms with Gasteiger partial charge in [-0.2, -0.15) is 0 Å². The van der Waals surface area contributed by atoms with Crippen LogP contribution in [0.4, 0.5) is 0 Å². The normalized spacial score (nSPS) is 16.9. The standard InChI is InChI=1S/C29H34N2O3/c1-21(2)25-9-6-22(7-10-25)17-29(3)18-26-15-23(8-11-27(26)34-29)16-28(33)31(13-14-32)20-24-5-4-12-30-19-24/h4-12,15,19,21,32H,13-14,16-18,20H2,1-3H3. The van der Waals surface area contributed by atoms with Crippen molar-refractivity contribution in [2.45, 2.75) is 58.1 Å². The Morgan fingerprint density at radius 3 is 2.56 bits per heavy atom. The molecule has 0 spiro atoms. The van der Waals surface area contributed by atoms with E-state index in [0.717, 1.165) is 35.3 Å². The van der Waals surface area contributed by atoms with Crippen LogP contribution in [0.2, 0.25) is 0 Å². The molecule has 0 radical (unpaired) electrons. The van der Waals surface area contributed by atoms with Gasteiger partial charge in [0.15, 0.2) is 0 Å². The lowest BCUT2D eigenvalue weighted by atomic mass is 9.90. The number of nitrogens with zero attached hydrogens (tertiary/aromatic N) is 2. The van der Waals surface area contributed by atoms with Crippen LogP contribution >= 0.6 is 0 Å². The molecule has 0 saturated heterocycles. The lowest BCUT2D eigenvalue weighted by Gasteiger charge is -2.24. The quantitative estimate of drug-likeness (QED) is 0.505. The van der Waals surface area contributed by atoms with Crippen LogP contribution < -0.4 is 4.74 Å². The SMILES string of the molecule is CC(C)c1ccc(CC2(C)Cc3cc(CC(=O)N(CCO)Cc4cccnc4)ccc3O2)cc1. The molecule has 178 valence electrons. The van der Waals surface area contributed by atoms with Gasteiger partial charge >= 0.3 is 0 Å². The molecular weight excluding hydrogens is 424 g/mol. The molecule has 2 heterocycles. The highest BCUT2D eigenvalue weighted by Crippen LogP contribution is 2.37. The summed E-state index contributed by atoms with van der Waals surface area (Å²) in [6.07, 6.45) is 5.40. The van der Waals surface area contributed by atoms with Crippen LogP contribution in [0, 0.1) is 0 Å². The largest absolute Gasteiger partial charge is 0.487 e. The molecule has 34 heavy (non-hydrogen) atoms. The topological polar surface area (TPSA) is 62.7 Å². The summed E-state index contributed by atoms with van der Waals surface area (Å²) in [6.45, 7) is 7.24. The highest BCUT2D eigenvalue weighted by Gasteiger charge is 2.35. The lowest BCUT2D eigenvalue weighted by Crippen LogP contribution is -2.34. The Labute approximate surface area is 202 Å². The van der Waals surface area contributed by atoms with Crippen molar-refractivity contribution < 1.29 is 14.6 Å². The van der Waals surface area contributed by atoms with Gasteiger partial charge < -0.3 is 14.7 Å². The number of carbonyl (C=O) groups is 1. The van der Waals surface area contributed by atoms with Crippen LogP contribution in [0.5, 0.6) is 5.75 Å². The van der Waals surface area contributed by atoms with E-state index in [2.05, 4.69) is 56.1 Å². The summed E-state index contributed by atoms with van der Waals surface area (Å²) in [5.74, 6) is 1.42. The van der Waals surface area contributed by atoms with Crippen molar-refractivity contribution >= 4 is 5.91 Å². The molecule has 0 aliphatic carbocycles. The number of rotatable bonds is 9. The number of aliphatic hydroxyl groups is 1. The van der Waals surface area contributed by atoms with E-state index in [-0.39, 0.29) is 18.1 Å². The monoisotopic (exact) mass is 458 g/mol. The molecule has 1 amide bonds. The molecule has 1 aromatic heterocycles. The Bertz CT molecular complexity index is 1110. The molecule has 4 rings (SSSR count). The molecule has 1 aliphatic heterocycles. The van der Waals surface area contributed by atoms with Crippen LogP contribution in [-0.4, -0.2) is 39.7 Å². The molecule has 1 atom stereocenters. The number of aromatic nitrogens is 1. The Kier molecular flexibility index (Phi) is 7.32. The van der Waals surface area contributed by atoms with Gasteiger partial charge in [0.1, 0.15) is 11.4 Å². The van der Waals surface area contributed by atoms with Crippen LogP contribution in [0.3, 0.4) is 0 Å². The number of benzene rings is 2. The van der Waals surface area contributed by atoms with E-state index in [9.17, 15) is 9.90 Å². The summed E-state index contributed by atoms with van der Waals surface area (Å²) in [5.41, 5.74) is 5.37. The van der Waals surface area contributed by atoms with Gasteiger partial charge in [0.05, 0.1) is 13.0 Å². The molecule has 2 aromatic carbocycles. The van der Waals surface area contributed by atoms with Gasteiger partial charge in [0.2, 0.25) is 5.91 Å². The molecule has 0 saturated carbocycles. The minimum atomic E-state index is -0.298. The van der Waals surface area contributed by atoms with Gasteiger partial charge in [-0.15, -0.1) is 0 Å². The van der Waals surface area contributed by atoms with Crippen molar-refractivity contribution in [3.8, 4) is 5.75 Å². The predicted octanol–water partition coefficient (Wildman–Crippen LogP) is 4.70. The first-order valence-corrected chi connectivity index (χ1v) is 12.0. The third-order valence-corrected chi connectivity index (χ3v) is 6.44. The zero-order chi connectivity index (χ0) is 24.1. The van der Waals surface area contributed by atoms with Crippen molar-refractivity contribution in [2.75, 3.05) is 13.2 Å². The molecular formula is C29H34N2O3. The van der Waals surface area contributed by atoms with Gasteiger partial charge in [-0.05, 0) is 52.8 Å². The highest BCUT2D eigenvalue weighted by molar-refractivity contribution is 5.79. The zero-order valence-corrected chi connectivity index (χ0v) is 20.3. The molecule has 1 N–H and O–H groups in total. The van der Waals surface area contributed by atoms with Crippen molar-refractivity contribution in [3.63, 3.8) is 0 Å². The zero-order valence-electron chi connectivity index (χ0n) is 20.3. The molecule has 0 fully saturated rings. The molecule has 1 unspecified atom stereocenters. The van der Waals surface area contributed by atoms with E-state index in [0.29, 0.717) is 25.4 Å². The van der Waals surface area contributed by atoms with Crippen LogP contribution in [0.15, 0.2) is 67.0 Å². The maximum Gasteiger partial charge on any atom is 0.227 e. The fourth-order valence-corrected chi connectivity index (χ4v) is 4.65. The molecule has 5 nitrogen and oxygen atoms in total. The first-order chi connectivity index (χ1) is 16.3. The first kappa shape index (κ1) is 24.0. The minimum Gasteiger partial charge on any atom is -0.487 e. The second-order valence-corrected chi connectivity index (χ2v) is 9.82. The number of fused-ring (bicyclic) bond motifs is 1. The van der Waals surface area contributed by atoms with Gasteiger partial charge in [-0.1, -0.05) is 56.3 Å². The van der Waals surface area contributed by atoms with E-state index in [4.69, 9.17) is 4.74 Å². The maximum atomic E-state index is 13.0. The Balaban J connectivity index is 1.41. The average Bonchev–Trinajstić information content (AvgIpc) is 3.14. The maximum absolute atomic E-state index is 13.0. The smallest absolute Gasteiger partial charge is 0.227 e. The summed E-state index contributed by atoms with van der Waals surface area (Å²) >= 11 is 0. The third kappa shape index (κ3) is 5.84. The van der Waals surface area contributed by atoms with Crippen molar-refractivity contribution in [2.24, 2.45) is 0 Å². The summed E-state index contributed by atoms with van der Waals surface area (Å²) in [5, 5.41) is 9.45. The first-order valence-electron chi connectivity index (χ1n) is 12.0. The number of aliphatic hydroxyl groups excluding tert-OH is 1.